The van der Waals surface area contributed by atoms with Crippen LogP contribution in [0.4, 0.5) is 0 Å². The average molecular weight is 288 g/mol. The van der Waals surface area contributed by atoms with Crippen LogP contribution >= 0.6 is 11.3 Å². The number of hydrogen-bond acceptors (Lipinski definition) is 5. The Bertz CT molecular complexity index is 494. The van der Waals surface area contributed by atoms with Crippen molar-refractivity contribution in [3.05, 3.63) is 46.7 Å². The number of nitrogens with one attached hydrogen (secondary N) is 1. The number of pyridine rings is 1. The molecule has 1 saturated heterocycles. The summed E-state index contributed by atoms with van der Waals surface area (Å²) in [6.07, 6.45) is 5.07. The molecule has 1 fully saturated rings. The molecule has 3 heterocycles. The molecule has 0 aliphatic carbocycles. The molecule has 1 aliphatic rings. The lowest BCUT2D eigenvalue weighted by molar-refractivity contribution is 0.218. The molecular weight excluding hydrogens is 268 g/mol. The van der Waals surface area contributed by atoms with Gasteiger partial charge in [0.25, 0.3) is 0 Å². The van der Waals surface area contributed by atoms with E-state index in [1.165, 1.54) is 17.7 Å². The maximum atomic E-state index is 4.42. The second-order valence-corrected chi connectivity index (χ2v) is 6.09. The van der Waals surface area contributed by atoms with Crippen molar-refractivity contribution in [2.24, 2.45) is 5.92 Å². The van der Waals surface area contributed by atoms with Crippen LogP contribution < -0.4 is 5.32 Å². The van der Waals surface area contributed by atoms with Crippen LogP contribution in [-0.2, 0) is 13.1 Å². The van der Waals surface area contributed by atoms with Gasteiger partial charge < -0.3 is 5.32 Å². The van der Waals surface area contributed by atoms with Gasteiger partial charge in [-0.05, 0) is 37.1 Å². The minimum Gasteiger partial charge on any atom is -0.316 e. The molecule has 3 rings (SSSR count). The zero-order chi connectivity index (χ0) is 13.6. The Hall–Kier alpha value is -1.30. The van der Waals surface area contributed by atoms with Gasteiger partial charge >= 0.3 is 0 Å². The SMILES string of the molecule is c1cncc(CN(Cc2cscn2)C[C@H]2CCNC2)c1. The molecule has 2 aromatic rings. The van der Waals surface area contributed by atoms with E-state index in [1.54, 1.807) is 11.3 Å². The van der Waals surface area contributed by atoms with E-state index < -0.39 is 0 Å². The van der Waals surface area contributed by atoms with Gasteiger partial charge in [0.1, 0.15) is 0 Å². The minimum absolute atomic E-state index is 0.755. The average Bonchev–Trinajstić information content (AvgIpc) is 3.13. The van der Waals surface area contributed by atoms with Crippen molar-refractivity contribution in [3.63, 3.8) is 0 Å². The second kappa shape index (κ2) is 6.92. The highest BCUT2D eigenvalue weighted by Crippen LogP contribution is 2.15. The standard InChI is InChI=1S/C15H20N4S/c1-2-13(6-16-4-1)8-19(9-14-3-5-17-7-14)10-15-11-20-12-18-15/h1-2,4,6,11-12,14,17H,3,5,7-10H2/t14-/m0/s1. The van der Waals surface area contributed by atoms with Gasteiger partial charge in [0, 0.05) is 37.4 Å². The van der Waals surface area contributed by atoms with Crippen LogP contribution in [0.3, 0.4) is 0 Å². The molecule has 0 radical (unpaired) electrons. The quantitative estimate of drug-likeness (QED) is 0.884. The zero-order valence-corrected chi connectivity index (χ0v) is 12.4. The van der Waals surface area contributed by atoms with Crippen LogP contribution in [0.2, 0.25) is 0 Å². The first-order valence-electron chi connectivity index (χ1n) is 7.09. The van der Waals surface area contributed by atoms with Gasteiger partial charge in [-0.1, -0.05) is 6.07 Å². The van der Waals surface area contributed by atoms with Crippen molar-refractivity contribution < 1.29 is 0 Å². The largest absolute Gasteiger partial charge is 0.316 e. The molecule has 1 N–H and O–H groups in total. The highest BCUT2D eigenvalue weighted by Gasteiger charge is 2.19. The third-order valence-corrected chi connectivity index (χ3v) is 4.31. The molecule has 106 valence electrons. The summed E-state index contributed by atoms with van der Waals surface area (Å²) >= 11 is 1.67. The fraction of sp³-hybridized carbons (Fsp3) is 0.467. The molecule has 4 nitrogen and oxygen atoms in total. The molecule has 0 saturated carbocycles. The number of aromatic nitrogens is 2. The Kier molecular flexibility index (Phi) is 4.73. The highest BCUT2D eigenvalue weighted by atomic mass is 32.1. The van der Waals surface area contributed by atoms with E-state index in [-0.39, 0.29) is 0 Å². The van der Waals surface area contributed by atoms with E-state index in [2.05, 4.69) is 31.6 Å². The van der Waals surface area contributed by atoms with Gasteiger partial charge in [0.05, 0.1) is 11.2 Å². The minimum atomic E-state index is 0.755. The molecule has 1 atom stereocenters. The molecule has 0 amide bonds. The normalized spacial score (nSPS) is 18.8. The summed E-state index contributed by atoms with van der Waals surface area (Å²) in [7, 11) is 0. The number of nitrogens with zero attached hydrogens (tertiary/aromatic N) is 3. The van der Waals surface area contributed by atoms with Crippen LogP contribution in [0, 0.1) is 5.92 Å². The molecule has 2 aromatic heterocycles. The second-order valence-electron chi connectivity index (χ2n) is 5.37. The predicted molar refractivity (Wildman–Crippen MR) is 81.4 cm³/mol. The first-order valence-corrected chi connectivity index (χ1v) is 8.03. The van der Waals surface area contributed by atoms with Gasteiger partial charge in [0.15, 0.2) is 0 Å². The monoisotopic (exact) mass is 288 g/mol. The molecular formula is C15H20N4S. The van der Waals surface area contributed by atoms with E-state index in [0.29, 0.717) is 0 Å². The Morgan fingerprint density at radius 1 is 1.40 bits per heavy atom. The first-order chi connectivity index (χ1) is 9.90. The number of rotatable bonds is 6. The van der Waals surface area contributed by atoms with Crippen LogP contribution in [0.15, 0.2) is 35.4 Å². The van der Waals surface area contributed by atoms with Crippen molar-refractivity contribution in [1.82, 2.24) is 20.2 Å². The van der Waals surface area contributed by atoms with Gasteiger partial charge in [-0.15, -0.1) is 11.3 Å². The molecule has 0 unspecified atom stereocenters. The zero-order valence-electron chi connectivity index (χ0n) is 11.5. The van der Waals surface area contributed by atoms with E-state index >= 15 is 0 Å². The van der Waals surface area contributed by atoms with Crippen molar-refractivity contribution in [2.75, 3.05) is 19.6 Å². The smallest absolute Gasteiger partial charge is 0.0795 e. The lowest BCUT2D eigenvalue weighted by Gasteiger charge is -2.24. The maximum absolute atomic E-state index is 4.42. The van der Waals surface area contributed by atoms with E-state index in [4.69, 9.17) is 0 Å². The van der Waals surface area contributed by atoms with E-state index in [1.807, 2.05) is 24.0 Å². The van der Waals surface area contributed by atoms with Gasteiger partial charge in [-0.3, -0.25) is 9.88 Å². The van der Waals surface area contributed by atoms with Gasteiger partial charge in [-0.25, -0.2) is 4.98 Å². The van der Waals surface area contributed by atoms with E-state index in [0.717, 1.165) is 38.6 Å². The van der Waals surface area contributed by atoms with Crippen molar-refractivity contribution in [1.29, 1.82) is 0 Å². The molecule has 0 aromatic carbocycles. The molecule has 20 heavy (non-hydrogen) atoms. The van der Waals surface area contributed by atoms with Crippen molar-refractivity contribution in [3.8, 4) is 0 Å². The van der Waals surface area contributed by atoms with Crippen molar-refractivity contribution >= 4 is 11.3 Å². The third-order valence-electron chi connectivity index (χ3n) is 3.68. The maximum Gasteiger partial charge on any atom is 0.0795 e. The lowest BCUT2D eigenvalue weighted by Crippen LogP contribution is -2.30. The van der Waals surface area contributed by atoms with Gasteiger partial charge in [-0.2, -0.15) is 0 Å². The predicted octanol–water partition coefficient (Wildman–Crippen LogP) is 2.15. The van der Waals surface area contributed by atoms with Gasteiger partial charge in [0.2, 0.25) is 0 Å². The lowest BCUT2D eigenvalue weighted by atomic mass is 10.1. The highest BCUT2D eigenvalue weighted by molar-refractivity contribution is 7.07. The van der Waals surface area contributed by atoms with Crippen LogP contribution in [-0.4, -0.2) is 34.5 Å². The summed E-state index contributed by atoms with van der Waals surface area (Å²) in [5.74, 6) is 0.755. The summed E-state index contributed by atoms with van der Waals surface area (Å²) in [4.78, 5) is 11.1. The first kappa shape index (κ1) is 13.7. The Labute approximate surface area is 123 Å². The molecule has 1 aliphatic heterocycles. The molecule has 0 bridgehead atoms. The van der Waals surface area contributed by atoms with Crippen LogP contribution in [0.25, 0.3) is 0 Å². The third kappa shape index (κ3) is 3.85. The van der Waals surface area contributed by atoms with E-state index in [9.17, 15) is 0 Å². The summed E-state index contributed by atoms with van der Waals surface area (Å²) in [6, 6.07) is 4.15. The number of hydrogen-bond donors (Lipinski definition) is 1. The molecule has 5 heteroatoms. The van der Waals surface area contributed by atoms with Crippen LogP contribution in [0.5, 0.6) is 0 Å². The summed E-state index contributed by atoms with van der Waals surface area (Å²) in [6.45, 7) is 5.29. The van der Waals surface area contributed by atoms with Crippen molar-refractivity contribution in [2.45, 2.75) is 19.5 Å². The Balaban J connectivity index is 1.65. The van der Waals surface area contributed by atoms with Crippen LogP contribution in [0.1, 0.15) is 17.7 Å². The number of thiazole rings is 1. The topological polar surface area (TPSA) is 41.1 Å². The summed E-state index contributed by atoms with van der Waals surface area (Å²) in [5.41, 5.74) is 4.35. The fourth-order valence-electron chi connectivity index (χ4n) is 2.71. The Morgan fingerprint density at radius 2 is 2.40 bits per heavy atom. The molecule has 0 spiro atoms. The Morgan fingerprint density at radius 3 is 3.10 bits per heavy atom. The fourth-order valence-corrected chi connectivity index (χ4v) is 3.26. The summed E-state index contributed by atoms with van der Waals surface area (Å²) < 4.78 is 0. The summed E-state index contributed by atoms with van der Waals surface area (Å²) in [5, 5.41) is 5.59.